The zero-order chi connectivity index (χ0) is 22.8. The molecule has 0 fully saturated rings. The predicted octanol–water partition coefficient (Wildman–Crippen LogP) is 5.53. The lowest BCUT2D eigenvalue weighted by molar-refractivity contribution is -0.118. The van der Waals surface area contributed by atoms with E-state index in [1.165, 1.54) is 11.3 Å². The number of rotatable bonds is 6. The molecule has 33 heavy (non-hydrogen) atoms. The van der Waals surface area contributed by atoms with Gasteiger partial charge in [-0.1, -0.05) is 53.8 Å². The molecule has 6 nitrogen and oxygen atoms in total. The molecule has 0 bridgehead atoms. The molecule has 164 valence electrons. The molecule has 0 saturated heterocycles. The molecule has 2 aromatic heterocycles. The molecule has 0 aliphatic rings. The van der Waals surface area contributed by atoms with E-state index in [4.69, 9.17) is 4.98 Å². The van der Waals surface area contributed by atoms with E-state index in [1.807, 2.05) is 73.7 Å². The highest BCUT2D eigenvalue weighted by molar-refractivity contribution is 7.22. The summed E-state index contributed by atoms with van der Waals surface area (Å²) in [6, 6.07) is 23.0. The molecule has 0 unspecified atom stereocenters. The van der Waals surface area contributed by atoms with Crippen molar-refractivity contribution in [2.45, 2.75) is 26.2 Å². The van der Waals surface area contributed by atoms with Crippen molar-refractivity contribution in [3.8, 4) is 0 Å². The monoisotopic (exact) mass is 454 g/mol. The Morgan fingerprint density at radius 3 is 2.48 bits per heavy atom. The maximum absolute atomic E-state index is 13.4. The second-order valence-corrected chi connectivity index (χ2v) is 8.87. The van der Waals surface area contributed by atoms with Gasteiger partial charge in [0.05, 0.1) is 26.8 Å². The van der Waals surface area contributed by atoms with Gasteiger partial charge >= 0.3 is 0 Å². The first-order valence-corrected chi connectivity index (χ1v) is 11.6. The summed E-state index contributed by atoms with van der Waals surface area (Å²) >= 11 is 1.50. The molecule has 0 saturated carbocycles. The number of thiazole rings is 1. The highest BCUT2D eigenvalue weighted by atomic mass is 32.1. The van der Waals surface area contributed by atoms with Gasteiger partial charge in [-0.3, -0.25) is 14.5 Å². The Hall–Kier alpha value is -3.84. The molecular formula is C26H22N4O2S. The number of carbonyl (C=O) groups excluding carboxylic acids is 1. The number of hydrogen-bond donors (Lipinski definition) is 1. The van der Waals surface area contributed by atoms with Gasteiger partial charge in [0.1, 0.15) is 5.82 Å². The van der Waals surface area contributed by atoms with Crippen LogP contribution in [0.5, 0.6) is 0 Å². The van der Waals surface area contributed by atoms with Crippen LogP contribution >= 0.6 is 11.3 Å². The molecule has 0 atom stereocenters. The molecular weight excluding hydrogens is 432 g/mol. The van der Waals surface area contributed by atoms with Crippen LogP contribution in [0, 0.1) is 6.92 Å². The fraction of sp³-hybridized carbons (Fsp3) is 0.154. The number of H-pyrrole nitrogens is 1. The van der Waals surface area contributed by atoms with E-state index in [1.54, 1.807) is 11.0 Å². The zero-order valence-electron chi connectivity index (χ0n) is 18.1. The average molecular weight is 455 g/mol. The number of aromatic amines is 1. The van der Waals surface area contributed by atoms with Crippen molar-refractivity contribution in [3.05, 3.63) is 94.5 Å². The molecule has 2 heterocycles. The fourth-order valence-corrected chi connectivity index (χ4v) is 4.88. The zero-order valence-corrected chi connectivity index (χ0v) is 18.9. The van der Waals surface area contributed by atoms with Gasteiger partial charge < -0.3 is 4.98 Å². The first-order chi connectivity index (χ1) is 16.1. The van der Waals surface area contributed by atoms with Crippen LogP contribution in [0.1, 0.15) is 24.2 Å². The van der Waals surface area contributed by atoms with Crippen molar-refractivity contribution in [3.63, 3.8) is 0 Å². The molecule has 1 amide bonds. The number of aromatic nitrogens is 3. The number of amides is 1. The van der Waals surface area contributed by atoms with Gasteiger partial charge in [-0.05, 0) is 49.2 Å². The summed E-state index contributed by atoms with van der Waals surface area (Å²) in [6.07, 6.45) is 1.38. The normalized spacial score (nSPS) is 11.2. The van der Waals surface area contributed by atoms with Crippen molar-refractivity contribution in [1.29, 1.82) is 0 Å². The number of anilines is 2. The van der Waals surface area contributed by atoms with Gasteiger partial charge in [0, 0.05) is 12.8 Å². The molecule has 3 aromatic carbocycles. The Morgan fingerprint density at radius 2 is 1.67 bits per heavy atom. The summed E-state index contributed by atoms with van der Waals surface area (Å²) < 4.78 is 1.04. The number of para-hydroxylation sites is 3. The molecule has 7 heteroatoms. The second kappa shape index (κ2) is 8.96. The van der Waals surface area contributed by atoms with Gasteiger partial charge in [-0.15, -0.1) is 0 Å². The minimum atomic E-state index is -0.155. The number of fused-ring (bicyclic) bond motifs is 2. The first-order valence-electron chi connectivity index (χ1n) is 10.8. The van der Waals surface area contributed by atoms with Crippen LogP contribution in [0.4, 0.5) is 10.8 Å². The maximum Gasteiger partial charge on any atom is 0.258 e. The van der Waals surface area contributed by atoms with Crippen LogP contribution < -0.4 is 10.5 Å². The highest BCUT2D eigenvalue weighted by Crippen LogP contribution is 2.35. The molecule has 0 aliphatic carbocycles. The number of nitrogens with zero attached hydrogens (tertiary/aromatic N) is 3. The quantitative estimate of drug-likeness (QED) is 0.366. The number of nitrogens with one attached hydrogen (secondary N) is 1. The standard InChI is InChI=1S/C26H22N4O2S/c1-17-9-2-6-13-21(17)30(26-28-20-12-5-7-14-22(20)33-26)24(31)16-8-15-23-27-19-11-4-3-10-18(19)25(32)29-23/h2-7,9-14H,8,15-16H2,1H3,(H,27,29,32). The fourth-order valence-electron chi connectivity index (χ4n) is 3.89. The van der Waals surface area contributed by atoms with Crippen molar-refractivity contribution >= 4 is 49.2 Å². The van der Waals surface area contributed by atoms with Crippen LogP contribution in [0.25, 0.3) is 21.1 Å². The van der Waals surface area contributed by atoms with E-state index in [0.717, 1.165) is 21.5 Å². The van der Waals surface area contributed by atoms with Crippen LogP contribution in [0.15, 0.2) is 77.6 Å². The van der Waals surface area contributed by atoms with E-state index >= 15 is 0 Å². The first kappa shape index (κ1) is 21.0. The molecule has 5 rings (SSSR count). The van der Waals surface area contributed by atoms with E-state index in [9.17, 15) is 9.59 Å². The summed E-state index contributed by atoms with van der Waals surface area (Å²) in [7, 11) is 0. The van der Waals surface area contributed by atoms with Gasteiger partial charge in [-0.25, -0.2) is 9.97 Å². The van der Waals surface area contributed by atoms with Gasteiger partial charge in [0.25, 0.3) is 5.56 Å². The van der Waals surface area contributed by atoms with Crippen molar-refractivity contribution < 1.29 is 4.79 Å². The average Bonchev–Trinajstić information content (AvgIpc) is 3.24. The van der Waals surface area contributed by atoms with Crippen molar-refractivity contribution in [2.24, 2.45) is 0 Å². The van der Waals surface area contributed by atoms with Crippen LogP contribution in [0.3, 0.4) is 0 Å². The van der Waals surface area contributed by atoms with Crippen molar-refractivity contribution in [2.75, 3.05) is 4.90 Å². The molecule has 0 radical (unpaired) electrons. The predicted molar refractivity (Wildman–Crippen MR) is 133 cm³/mol. The van der Waals surface area contributed by atoms with Gasteiger partial charge in [-0.2, -0.15) is 0 Å². The Bertz CT molecular complexity index is 1490. The lowest BCUT2D eigenvalue weighted by atomic mass is 10.1. The number of benzene rings is 3. The van der Waals surface area contributed by atoms with E-state index in [2.05, 4.69) is 9.97 Å². The lowest BCUT2D eigenvalue weighted by Crippen LogP contribution is -2.26. The number of carbonyl (C=O) groups is 1. The van der Waals surface area contributed by atoms with Crippen LogP contribution in [-0.2, 0) is 11.2 Å². The summed E-state index contributed by atoms with van der Waals surface area (Å²) in [5, 5.41) is 1.23. The molecule has 1 N–H and O–H groups in total. The third-order valence-corrected chi connectivity index (χ3v) is 6.57. The summed E-state index contributed by atoms with van der Waals surface area (Å²) in [4.78, 5) is 39.6. The minimum absolute atomic E-state index is 0.0357. The SMILES string of the molecule is Cc1ccccc1N(C(=O)CCCc1nc2ccccc2c(=O)[nH]1)c1nc2ccccc2s1. The second-order valence-electron chi connectivity index (χ2n) is 7.86. The third-order valence-electron chi connectivity index (χ3n) is 5.55. The maximum atomic E-state index is 13.4. The minimum Gasteiger partial charge on any atom is -0.310 e. The highest BCUT2D eigenvalue weighted by Gasteiger charge is 2.23. The summed E-state index contributed by atoms with van der Waals surface area (Å²) in [5.41, 5.74) is 3.22. The Kier molecular flexibility index (Phi) is 5.71. The Labute approximate surface area is 194 Å². The van der Waals surface area contributed by atoms with Gasteiger partial charge in [0.15, 0.2) is 5.13 Å². The molecule has 5 aromatic rings. The third kappa shape index (κ3) is 4.27. The van der Waals surface area contributed by atoms with Crippen molar-refractivity contribution in [1.82, 2.24) is 15.0 Å². The van der Waals surface area contributed by atoms with E-state index in [-0.39, 0.29) is 11.5 Å². The van der Waals surface area contributed by atoms with E-state index < -0.39 is 0 Å². The smallest absolute Gasteiger partial charge is 0.258 e. The van der Waals surface area contributed by atoms with Crippen LogP contribution in [-0.4, -0.2) is 20.9 Å². The van der Waals surface area contributed by atoms with Gasteiger partial charge in [0.2, 0.25) is 5.91 Å². The summed E-state index contributed by atoms with van der Waals surface area (Å²) in [5.74, 6) is 0.556. The number of aryl methyl sites for hydroxylation is 2. The van der Waals surface area contributed by atoms with Crippen LogP contribution in [0.2, 0.25) is 0 Å². The molecule has 0 aliphatic heterocycles. The summed E-state index contributed by atoms with van der Waals surface area (Å²) in [6.45, 7) is 1.99. The Morgan fingerprint density at radius 1 is 0.939 bits per heavy atom. The molecule has 0 spiro atoms. The lowest BCUT2D eigenvalue weighted by Gasteiger charge is -2.22. The topological polar surface area (TPSA) is 79.0 Å². The Balaban J connectivity index is 1.40. The van der Waals surface area contributed by atoms with E-state index in [0.29, 0.717) is 41.1 Å². The number of hydrogen-bond acceptors (Lipinski definition) is 5. The largest absolute Gasteiger partial charge is 0.310 e.